The van der Waals surface area contributed by atoms with Crippen molar-refractivity contribution in [3.05, 3.63) is 93.9 Å². The third-order valence-electron chi connectivity index (χ3n) is 6.57. The molecule has 0 saturated heterocycles. The average Bonchev–Trinajstić information content (AvgIpc) is 3.61. The smallest absolute Gasteiger partial charge is 0.160 e. The number of ether oxygens (including phenoxy) is 1. The van der Waals surface area contributed by atoms with Crippen LogP contribution in [0, 0.1) is 25.2 Å². The van der Waals surface area contributed by atoms with Crippen molar-refractivity contribution in [1.29, 1.82) is 5.26 Å². The Balaban J connectivity index is 1.44. The number of aromatic nitrogens is 3. The summed E-state index contributed by atoms with van der Waals surface area (Å²) in [6.07, 6.45) is 4.00. The Morgan fingerprint density at radius 2 is 1.94 bits per heavy atom. The van der Waals surface area contributed by atoms with E-state index in [1.54, 1.807) is 6.08 Å². The number of hydrogen-bond acceptors (Lipinski definition) is 4. The topological polar surface area (TPSA) is 63.7 Å². The molecule has 3 heterocycles. The summed E-state index contributed by atoms with van der Waals surface area (Å²) >= 11 is 0. The molecule has 0 spiro atoms. The van der Waals surface area contributed by atoms with Gasteiger partial charge in [-0.25, -0.2) is 9.97 Å². The second-order valence-electron chi connectivity index (χ2n) is 9.05. The normalized spacial score (nSPS) is 16.1. The molecular formula is C28H24N4O. The van der Waals surface area contributed by atoms with Gasteiger partial charge in [-0.1, -0.05) is 36.4 Å². The Kier molecular flexibility index (Phi) is 4.55. The molecule has 2 aliphatic rings. The first kappa shape index (κ1) is 19.8. The van der Waals surface area contributed by atoms with E-state index in [4.69, 9.17) is 14.7 Å². The molecule has 33 heavy (non-hydrogen) atoms. The van der Waals surface area contributed by atoms with E-state index in [1.165, 1.54) is 18.4 Å². The van der Waals surface area contributed by atoms with E-state index in [9.17, 15) is 5.26 Å². The van der Waals surface area contributed by atoms with Crippen molar-refractivity contribution in [1.82, 2.24) is 14.5 Å². The lowest BCUT2D eigenvalue weighted by atomic mass is 9.93. The summed E-state index contributed by atoms with van der Waals surface area (Å²) < 4.78 is 8.52. The van der Waals surface area contributed by atoms with Crippen LogP contribution >= 0.6 is 0 Å². The van der Waals surface area contributed by atoms with Gasteiger partial charge in [-0.05, 0) is 61.1 Å². The minimum Gasteiger partial charge on any atom is -0.488 e. The van der Waals surface area contributed by atoms with Gasteiger partial charge < -0.3 is 9.30 Å². The number of nitrogens with zero attached hydrogens (tertiary/aromatic N) is 4. The highest BCUT2D eigenvalue weighted by molar-refractivity contribution is 5.86. The van der Waals surface area contributed by atoms with Gasteiger partial charge in [0.05, 0.1) is 12.6 Å². The van der Waals surface area contributed by atoms with Gasteiger partial charge in [0.25, 0.3) is 0 Å². The summed E-state index contributed by atoms with van der Waals surface area (Å²) in [6, 6.07) is 18.8. The molecule has 1 aliphatic heterocycles. The first-order chi connectivity index (χ1) is 16.1. The van der Waals surface area contributed by atoms with Gasteiger partial charge >= 0.3 is 0 Å². The van der Waals surface area contributed by atoms with Crippen LogP contribution in [0.3, 0.4) is 0 Å². The third-order valence-corrected chi connectivity index (χ3v) is 6.57. The van der Waals surface area contributed by atoms with Gasteiger partial charge in [-0.3, -0.25) is 0 Å². The molecule has 5 nitrogen and oxygen atoms in total. The molecule has 1 fully saturated rings. The fourth-order valence-corrected chi connectivity index (χ4v) is 4.85. The molecule has 0 N–H and O–H groups in total. The predicted octanol–water partition coefficient (Wildman–Crippen LogP) is 5.82. The zero-order valence-corrected chi connectivity index (χ0v) is 18.8. The number of hydrogen-bond donors (Lipinski definition) is 0. The number of pyridine rings is 1. The monoisotopic (exact) mass is 432 g/mol. The van der Waals surface area contributed by atoms with Crippen LogP contribution in [0.2, 0.25) is 0 Å². The van der Waals surface area contributed by atoms with E-state index < -0.39 is 0 Å². The van der Waals surface area contributed by atoms with Crippen LogP contribution in [0.1, 0.15) is 58.1 Å². The number of nitriles is 1. The molecule has 5 heteroatoms. The number of aryl methyl sites for hydroxylation is 2. The van der Waals surface area contributed by atoms with Gasteiger partial charge in [0.15, 0.2) is 5.65 Å². The highest BCUT2D eigenvalue weighted by Crippen LogP contribution is 2.42. The molecule has 4 aromatic rings. The number of imidazole rings is 1. The van der Waals surface area contributed by atoms with Crippen LogP contribution in [0.25, 0.3) is 16.7 Å². The first-order valence-electron chi connectivity index (χ1n) is 11.4. The molecule has 1 saturated carbocycles. The van der Waals surface area contributed by atoms with Crippen molar-refractivity contribution in [3.8, 4) is 11.8 Å². The highest BCUT2D eigenvalue weighted by Gasteiger charge is 2.30. The Hall–Kier alpha value is -3.91. The number of rotatable bonds is 3. The molecule has 0 bridgehead atoms. The SMILES string of the molecule is Cc1cc(C)c2nc(C3CC3)n(Cc3ccc4c(c3)OCc3ccccc3/C4=C\C#N)c2n1. The van der Waals surface area contributed by atoms with Gasteiger partial charge in [-0.2, -0.15) is 5.26 Å². The van der Waals surface area contributed by atoms with E-state index in [2.05, 4.69) is 54.0 Å². The Morgan fingerprint density at radius 3 is 2.76 bits per heavy atom. The second-order valence-corrected chi connectivity index (χ2v) is 9.05. The molecule has 0 atom stereocenters. The zero-order chi connectivity index (χ0) is 22.5. The van der Waals surface area contributed by atoms with Crippen LogP contribution in [-0.4, -0.2) is 14.5 Å². The number of benzene rings is 2. The predicted molar refractivity (Wildman–Crippen MR) is 128 cm³/mol. The molecule has 2 aromatic carbocycles. The standard InChI is InChI=1S/C28H24N4O/c1-17-13-18(2)30-28-26(17)31-27(20-8-9-20)32(28)15-19-7-10-24-23(11-12-29)22-6-4-3-5-21(22)16-33-25(24)14-19/h3-7,10-11,13-14,20H,8-9,15-16H2,1-2H3/b23-11+. The minimum atomic E-state index is 0.483. The largest absolute Gasteiger partial charge is 0.488 e. The molecular weight excluding hydrogens is 408 g/mol. The number of fused-ring (bicyclic) bond motifs is 3. The fraction of sp³-hybridized carbons (Fsp3) is 0.250. The maximum atomic E-state index is 9.44. The third kappa shape index (κ3) is 3.39. The summed E-state index contributed by atoms with van der Waals surface area (Å²) in [5, 5.41) is 9.44. The quantitative estimate of drug-likeness (QED) is 0.383. The van der Waals surface area contributed by atoms with E-state index in [1.807, 2.05) is 19.1 Å². The Bertz CT molecular complexity index is 1480. The maximum Gasteiger partial charge on any atom is 0.160 e. The van der Waals surface area contributed by atoms with Crippen LogP contribution in [0.4, 0.5) is 0 Å². The van der Waals surface area contributed by atoms with E-state index in [0.717, 1.165) is 56.3 Å². The molecule has 162 valence electrons. The van der Waals surface area contributed by atoms with Crippen LogP contribution < -0.4 is 4.74 Å². The van der Waals surface area contributed by atoms with E-state index >= 15 is 0 Å². The molecule has 0 amide bonds. The van der Waals surface area contributed by atoms with Crippen LogP contribution in [0.15, 0.2) is 54.6 Å². The first-order valence-corrected chi connectivity index (χ1v) is 11.4. The fourth-order valence-electron chi connectivity index (χ4n) is 4.85. The molecule has 6 rings (SSSR count). The van der Waals surface area contributed by atoms with E-state index in [-0.39, 0.29) is 0 Å². The van der Waals surface area contributed by atoms with Crippen LogP contribution in [-0.2, 0) is 13.2 Å². The van der Waals surface area contributed by atoms with Gasteiger partial charge in [0.1, 0.15) is 23.7 Å². The average molecular weight is 433 g/mol. The molecule has 2 aromatic heterocycles. The van der Waals surface area contributed by atoms with Crippen LogP contribution in [0.5, 0.6) is 5.75 Å². The van der Waals surface area contributed by atoms with Crippen molar-refractivity contribution < 1.29 is 4.74 Å². The second kappa shape index (κ2) is 7.60. The maximum absolute atomic E-state index is 9.44. The molecule has 0 radical (unpaired) electrons. The van der Waals surface area contributed by atoms with Crippen molar-refractivity contribution in [2.24, 2.45) is 0 Å². The highest BCUT2D eigenvalue weighted by atomic mass is 16.5. The lowest BCUT2D eigenvalue weighted by molar-refractivity contribution is 0.307. The Labute approximate surface area is 193 Å². The summed E-state index contributed by atoms with van der Waals surface area (Å²) in [6.45, 7) is 5.33. The summed E-state index contributed by atoms with van der Waals surface area (Å²) in [7, 11) is 0. The summed E-state index contributed by atoms with van der Waals surface area (Å²) in [5.41, 5.74) is 9.29. The zero-order valence-electron chi connectivity index (χ0n) is 18.8. The van der Waals surface area contributed by atoms with Gasteiger partial charge in [0, 0.05) is 28.8 Å². The van der Waals surface area contributed by atoms with Gasteiger partial charge in [0.2, 0.25) is 0 Å². The van der Waals surface area contributed by atoms with Crippen molar-refractivity contribution in [3.63, 3.8) is 0 Å². The minimum absolute atomic E-state index is 0.483. The van der Waals surface area contributed by atoms with E-state index in [0.29, 0.717) is 19.1 Å². The Morgan fingerprint density at radius 1 is 1.09 bits per heavy atom. The summed E-state index contributed by atoms with van der Waals surface area (Å²) in [5.74, 6) is 2.47. The molecule has 0 unspecified atom stereocenters. The lowest BCUT2D eigenvalue weighted by Crippen LogP contribution is -2.06. The van der Waals surface area contributed by atoms with Crippen molar-refractivity contribution >= 4 is 16.7 Å². The number of allylic oxidation sites excluding steroid dienone is 1. The van der Waals surface area contributed by atoms with Crippen molar-refractivity contribution in [2.75, 3.05) is 0 Å². The molecule has 1 aliphatic carbocycles. The lowest BCUT2D eigenvalue weighted by Gasteiger charge is -2.13. The summed E-state index contributed by atoms with van der Waals surface area (Å²) in [4.78, 5) is 9.85. The van der Waals surface area contributed by atoms with Gasteiger partial charge in [-0.15, -0.1) is 0 Å². The van der Waals surface area contributed by atoms with Crippen molar-refractivity contribution in [2.45, 2.75) is 45.8 Å².